The molecule has 3 rings (SSSR count). The van der Waals surface area contributed by atoms with E-state index in [9.17, 15) is 17.6 Å². The Bertz CT molecular complexity index is 879. The lowest BCUT2D eigenvalue weighted by molar-refractivity contribution is -0.118. The molecule has 0 saturated heterocycles. The van der Waals surface area contributed by atoms with Gasteiger partial charge < -0.3 is 4.90 Å². The standard InChI is InChI=1S/C17H17FN2O3S/c1-20-16-8-2-12(10-13(16)3-9-17(20)21)11-19-24(22,23)15-6-4-14(18)5-7-15/h2,4-8,10,19H,3,9,11H2,1H3. The Kier molecular flexibility index (Phi) is 4.38. The number of anilines is 1. The first-order valence-corrected chi connectivity index (χ1v) is 8.99. The monoisotopic (exact) mass is 348 g/mol. The van der Waals surface area contributed by atoms with Crippen LogP contribution < -0.4 is 9.62 Å². The number of nitrogens with zero attached hydrogens (tertiary/aromatic N) is 1. The highest BCUT2D eigenvalue weighted by Crippen LogP contribution is 2.27. The Balaban J connectivity index is 1.75. The summed E-state index contributed by atoms with van der Waals surface area (Å²) < 4.78 is 39.8. The normalized spacial score (nSPS) is 14.6. The number of fused-ring (bicyclic) bond motifs is 1. The topological polar surface area (TPSA) is 66.5 Å². The molecule has 1 aliphatic heterocycles. The van der Waals surface area contributed by atoms with Crippen molar-refractivity contribution in [3.8, 4) is 0 Å². The highest BCUT2D eigenvalue weighted by atomic mass is 32.2. The Labute approximate surface area is 140 Å². The third kappa shape index (κ3) is 3.32. The van der Waals surface area contributed by atoms with E-state index in [0.29, 0.717) is 12.8 Å². The van der Waals surface area contributed by atoms with Crippen molar-refractivity contribution < 1.29 is 17.6 Å². The molecule has 126 valence electrons. The molecular weight excluding hydrogens is 331 g/mol. The summed E-state index contributed by atoms with van der Waals surface area (Å²) in [5.41, 5.74) is 2.69. The SMILES string of the molecule is CN1C(=O)CCc2cc(CNS(=O)(=O)c3ccc(F)cc3)ccc21. The summed E-state index contributed by atoms with van der Waals surface area (Å²) in [5, 5.41) is 0. The van der Waals surface area contributed by atoms with Crippen molar-refractivity contribution in [2.45, 2.75) is 24.3 Å². The predicted molar refractivity (Wildman–Crippen MR) is 88.6 cm³/mol. The minimum Gasteiger partial charge on any atom is -0.315 e. The van der Waals surface area contributed by atoms with Crippen LogP contribution in [0, 0.1) is 5.82 Å². The Morgan fingerprint density at radius 3 is 2.54 bits per heavy atom. The van der Waals surface area contributed by atoms with Crippen molar-refractivity contribution >= 4 is 21.6 Å². The molecule has 1 N–H and O–H groups in total. The van der Waals surface area contributed by atoms with Gasteiger partial charge in [0.15, 0.2) is 0 Å². The van der Waals surface area contributed by atoms with Gasteiger partial charge in [-0.05, 0) is 47.9 Å². The third-order valence-corrected chi connectivity index (χ3v) is 5.49. The van der Waals surface area contributed by atoms with Crippen molar-refractivity contribution in [1.29, 1.82) is 0 Å². The zero-order valence-electron chi connectivity index (χ0n) is 13.1. The largest absolute Gasteiger partial charge is 0.315 e. The van der Waals surface area contributed by atoms with E-state index < -0.39 is 15.8 Å². The molecule has 2 aromatic rings. The second kappa shape index (κ2) is 6.33. The molecule has 0 bridgehead atoms. The van der Waals surface area contributed by atoms with Crippen LogP contribution in [0.2, 0.25) is 0 Å². The number of sulfonamides is 1. The molecule has 0 atom stereocenters. The van der Waals surface area contributed by atoms with Gasteiger partial charge in [-0.3, -0.25) is 4.79 Å². The predicted octanol–water partition coefficient (Wildman–Crippen LogP) is 2.21. The quantitative estimate of drug-likeness (QED) is 0.921. The molecular formula is C17H17FN2O3S. The molecule has 5 nitrogen and oxygen atoms in total. The Hall–Kier alpha value is -2.25. The molecule has 0 unspecified atom stereocenters. The van der Waals surface area contributed by atoms with E-state index in [1.165, 1.54) is 12.1 Å². The van der Waals surface area contributed by atoms with E-state index in [1.54, 1.807) is 18.0 Å². The van der Waals surface area contributed by atoms with Gasteiger partial charge in [-0.15, -0.1) is 0 Å². The molecule has 1 heterocycles. The molecule has 24 heavy (non-hydrogen) atoms. The van der Waals surface area contributed by atoms with Crippen molar-refractivity contribution in [3.05, 3.63) is 59.4 Å². The lowest BCUT2D eigenvalue weighted by Gasteiger charge is -2.26. The van der Waals surface area contributed by atoms with Crippen LogP contribution in [-0.4, -0.2) is 21.4 Å². The van der Waals surface area contributed by atoms with Gasteiger partial charge in [-0.1, -0.05) is 12.1 Å². The van der Waals surface area contributed by atoms with Crippen molar-refractivity contribution in [1.82, 2.24) is 4.72 Å². The highest BCUT2D eigenvalue weighted by Gasteiger charge is 2.21. The lowest BCUT2D eigenvalue weighted by Crippen LogP contribution is -2.31. The molecule has 0 saturated carbocycles. The lowest BCUT2D eigenvalue weighted by atomic mass is 9.99. The van der Waals surface area contributed by atoms with E-state index >= 15 is 0 Å². The zero-order chi connectivity index (χ0) is 17.3. The number of rotatable bonds is 4. The first kappa shape index (κ1) is 16.6. The fraction of sp³-hybridized carbons (Fsp3) is 0.235. The minimum absolute atomic E-state index is 0.0205. The number of benzene rings is 2. The van der Waals surface area contributed by atoms with Gasteiger partial charge >= 0.3 is 0 Å². The van der Waals surface area contributed by atoms with E-state index in [1.807, 2.05) is 12.1 Å². The average molecular weight is 348 g/mol. The molecule has 0 radical (unpaired) electrons. The second-order valence-corrected chi connectivity index (χ2v) is 7.46. The van der Waals surface area contributed by atoms with Gasteiger partial charge in [0.25, 0.3) is 0 Å². The summed E-state index contributed by atoms with van der Waals surface area (Å²) in [5.74, 6) is -0.408. The fourth-order valence-corrected chi connectivity index (χ4v) is 3.71. The summed E-state index contributed by atoms with van der Waals surface area (Å²) in [4.78, 5) is 13.3. The van der Waals surface area contributed by atoms with E-state index in [-0.39, 0.29) is 17.3 Å². The summed E-state index contributed by atoms with van der Waals surface area (Å²) in [6.07, 6.45) is 1.10. The van der Waals surface area contributed by atoms with Crippen LogP contribution in [0.3, 0.4) is 0 Å². The molecule has 0 aromatic heterocycles. The van der Waals surface area contributed by atoms with Crippen LogP contribution in [-0.2, 0) is 27.8 Å². The van der Waals surface area contributed by atoms with Gasteiger partial charge in [-0.25, -0.2) is 17.5 Å². The molecule has 7 heteroatoms. The first-order chi connectivity index (χ1) is 11.4. The molecule has 2 aromatic carbocycles. The number of amides is 1. The molecule has 1 aliphatic rings. The number of nitrogens with one attached hydrogen (secondary N) is 1. The van der Waals surface area contributed by atoms with Crippen LogP contribution in [0.4, 0.5) is 10.1 Å². The summed E-state index contributed by atoms with van der Waals surface area (Å²) in [6, 6.07) is 10.2. The highest BCUT2D eigenvalue weighted by molar-refractivity contribution is 7.89. The number of carbonyl (C=O) groups excluding carboxylic acids is 1. The van der Waals surface area contributed by atoms with Gasteiger partial charge in [0, 0.05) is 25.7 Å². The second-order valence-electron chi connectivity index (χ2n) is 5.69. The number of hydrogen-bond acceptors (Lipinski definition) is 3. The van der Waals surface area contributed by atoms with Crippen molar-refractivity contribution in [2.24, 2.45) is 0 Å². The van der Waals surface area contributed by atoms with E-state index in [0.717, 1.165) is 28.9 Å². The van der Waals surface area contributed by atoms with Gasteiger partial charge in [0.2, 0.25) is 15.9 Å². The maximum Gasteiger partial charge on any atom is 0.240 e. The van der Waals surface area contributed by atoms with Crippen molar-refractivity contribution in [2.75, 3.05) is 11.9 Å². The van der Waals surface area contributed by atoms with Gasteiger partial charge in [-0.2, -0.15) is 0 Å². The molecule has 0 aliphatic carbocycles. The summed E-state index contributed by atoms with van der Waals surface area (Å²) >= 11 is 0. The third-order valence-electron chi connectivity index (χ3n) is 4.08. The number of halogens is 1. The van der Waals surface area contributed by atoms with Crippen LogP contribution >= 0.6 is 0 Å². The van der Waals surface area contributed by atoms with E-state index in [2.05, 4.69) is 4.72 Å². The molecule has 0 fully saturated rings. The summed E-state index contributed by atoms with van der Waals surface area (Å²) in [6.45, 7) is 0.130. The van der Waals surface area contributed by atoms with Crippen LogP contribution in [0.1, 0.15) is 17.5 Å². The maximum absolute atomic E-state index is 12.9. The first-order valence-electron chi connectivity index (χ1n) is 7.50. The Morgan fingerprint density at radius 2 is 1.83 bits per heavy atom. The van der Waals surface area contributed by atoms with Crippen molar-refractivity contribution in [3.63, 3.8) is 0 Å². The zero-order valence-corrected chi connectivity index (χ0v) is 13.9. The number of aryl methyl sites for hydroxylation is 1. The number of carbonyl (C=O) groups is 1. The Morgan fingerprint density at radius 1 is 1.12 bits per heavy atom. The summed E-state index contributed by atoms with van der Waals surface area (Å²) in [7, 11) is -1.96. The van der Waals surface area contributed by atoms with Gasteiger partial charge in [0.1, 0.15) is 5.82 Å². The fourth-order valence-electron chi connectivity index (χ4n) is 2.70. The minimum atomic E-state index is -3.70. The average Bonchev–Trinajstić information content (AvgIpc) is 2.57. The van der Waals surface area contributed by atoms with Crippen LogP contribution in [0.15, 0.2) is 47.4 Å². The smallest absolute Gasteiger partial charge is 0.240 e. The molecule has 1 amide bonds. The maximum atomic E-state index is 12.9. The number of hydrogen-bond donors (Lipinski definition) is 1. The van der Waals surface area contributed by atoms with Crippen LogP contribution in [0.5, 0.6) is 0 Å². The van der Waals surface area contributed by atoms with E-state index in [4.69, 9.17) is 0 Å². The molecule has 0 spiro atoms. The van der Waals surface area contributed by atoms with Crippen LogP contribution in [0.25, 0.3) is 0 Å². The van der Waals surface area contributed by atoms with Gasteiger partial charge in [0.05, 0.1) is 4.90 Å².